The molecule has 0 bridgehead atoms. The zero-order chi connectivity index (χ0) is 12.3. The van der Waals surface area contributed by atoms with Gasteiger partial charge in [0.2, 0.25) is 10.0 Å². The Morgan fingerprint density at radius 1 is 1.38 bits per heavy atom. The minimum absolute atomic E-state index is 0.0145. The van der Waals surface area contributed by atoms with Crippen molar-refractivity contribution in [3.63, 3.8) is 0 Å². The van der Waals surface area contributed by atoms with E-state index in [1.165, 1.54) is 12.1 Å². The summed E-state index contributed by atoms with van der Waals surface area (Å²) in [5, 5.41) is 5.00. The highest BCUT2D eigenvalue weighted by Crippen LogP contribution is 2.35. The lowest BCUT2D eigenvalue weighted by Gasteiger charge is -2.09. The molecule has 1 aromatic carbocycles. The van der Waals surface area contributed by atoms with Crippen LogP contribution >= 0.6 is 31.9 Å². The number of sulfonamides is 1. The van der Waals surface area contributed by atoms with E-state index in [1.54, 1.807) is 0 Å². The van der Waals surface area contributed by atoms with Gasteiger partial charge in [-0.2, -0.15) is 0 Å². The lowest BCUT2D eigenvalue weighted by molar-refractivity contribution is 0.365. The molecule has 0 fully saturated rings. The van der Waals surface area contributed by atoms with Crippen molar-refractivity contribution < 1.29 is 13.2 Å². The van der Waals surface area contributed by atoms with Crippen LogP contribution in [0.1, 0.15) is 0 Å². The van der Waals surface area contributed by atoms with E-state index in [-0.39, 0.29) is 11.5 Å². The van der Waals surface area contributed by atoms with E-state index in [0.29, 0.717) is 14.7 Å². The monoisotopic (exact) mass is 367 g/mol. The van der Waals surface area contributed by atoms with Crippen molar-refractivity contribution in [1.29, 1.82) is 0 Å². The third kappa shape index (κ3) is 3.22. The smallest absolute Gasteiger partial charge is 0.238 e. The molecule has 1 aromatic rings. The molecule has 0 aliphatic carbocycles. The van der Waals surface area contributed by atoms with Crippen LogP contribution in [0.3, 0.4) is 0 Å². The average Bonchev–Trinajstić information content (AvgIpc) is 2.15. The number of hydrogen-bond acceptors (Lipinski definition) is 3. The summed E-state index contributed by atoms with van der Waals surface area (Å²) in [4.78, 5) is -0.0145. The topological polar surface area (TPSA) is 69.4 Å². The lowest BCUT2D eigenvalue weighted by Crippen LogP contribution is -2.12. The summed E-state index contributed by atoms with van der Waals surface area (Å²) in [5.41, 5.74) is 0. The molecule has 0 aromatic heterocycles. The van der Waals surface area contributed by atoms with Crippen LogP contribution < -0.4 is 9.88 Å². The van der Waals surface area contributed by atoms with Gasteiger partial charge in [-0.05, 0) is 44.0 Å². The SMILES string of the molecule is C#CCOc1c(Br)cc(S(N)(=O)=O)cc1Br. The first-order valence-electron chi connectivity index (χ1n) is 3.94. The molecular weight excluding hydrogens is 362 g/mol. The van der Waals surface area contributed by atoms with Gasteiger partial charge in [-0.15, -0.1) is 6.42 Å². The molecule has 0 aliphatic rings. The summed E-state index contributed by atoms with van der Waals surface area (Å²) in [6, 6.07) is 2.71. The summed E-state index contributed by atoms with van der Waals surface area (Å²) in [5.74, 6) is 2.74. The average molecular weight is 369 g/mol. The Morgan fingerprint density at radius 2 is 1.88 bits per heavy atom. The molecule has 16 heavy (non-hydrogen) atoms. The fraction of sp³-hybridized carbons (Fsp3) is 0.111. The number of benzene rings is 1. The molecule has 0 spiro atoms. The molecule has 0 heterocycles. The van der Waals surface area contributed by atoms with Crippen molar-refractivity contribution in [2.24, 2.45) is 5.14 Å². The van der Waals surface area contributed by atoms with Gasteiger partial charge in [-0.25, -0.2) is 13.6 Å². The molecular formula is C9H7Br2NO3S. The Bertz CT molecular complexity index is 525. The van der Waals surface area contributed by atoms with Crippen molar-refractivity contribution >= 4 is 41.9 Å². The number of nitrogens with two attached hydrogens (primary N) is 1. The third-order valence-electron chi connectivity index (χ3n) is 1.60. The largest absolute Gasteiger partial charge is 0.479 e. The Hall–Kier alpha value is -0.550. The van der Waals surface area contributed by atoms with E-state index in [4.69, 9.17) is 16.3 Å². The van der Waals surface area contributed by atoms with E-state index >= 15 is 0 Å². The first-order chi connectivity index (χ1) is 7.36. The molecule has 0 radical (unpaired) electrons. The fourth-order valence-corrected chi connectivity index (χ4v) is 3.24. The number of primary sulfonamides is 1. The molecule has 0 saturated heterocycles. The standard InChI is InChI=1S/C9H7Br2NO3S/c1-2-3-15-9-7(10)4-6(5-8(9)11)16(12,13)14/h1,4-5H,3H2,(H2,12,13,14). The first-order valence-corrected chi connectivity index (χ1v) is 7.07. The second-order valence-electron chi connectivity index (χ2n) is 2.75. The van der Waals surface area contributed by atoms with Gasteiger partial charge in [-0.1, -0.05) is 5.92 Å². The third-order valence-corrected chi connectivity index (χ3v) is 3.67. The van der Waals surface area contributed by atoms with Crippen LogP contribution in [0.2, 0.25) is 0 Å². The van der Waals surface area contributed by atoms with Crippen LogP contribution in [0.15, 0.2) is 26.0 Å². The second-order valence-corrected chi connectivity index (χ2v) is 6.02. The Balaban J connectivity index is 3.24. The molecule has 2 N–H and O–H groups in total. The Kier molecular flexibility index (Phi) is 4.38. The summed E-state index contributed by atoms with van der Waals surface area (Å²) in [7, 11) is -3.74. The second kappa shape index (κ2) is 5.19. The van der Waals surface area contributed by atoms with E-state index < -0.39 is 10.0 Å². The van der Waals surface area contributed by atoms with Crippen molar-refractivity contribution in [1.82, 2.24) is 0 Å². The van der Waals surface area contributed by atoms with Crippen LogP contribution in [-0.4, -0.2) is 15.0 Å². The Labute approximate surface area is 110 Å². The van der Waals surface area contributed by atoms with Gasteiger partial charge in [0.15, 0.2) is 0 Å². The summed E-state index contributed by atoms with van der Waals surface area (Å²) < 4.78 is 28.4. The molecule has 4 nitrogen and oxygen atoms in total. The maximum Gasteiger partial charge on any atom is 0.238 e. The Morgan fingerprint density at radius 3 is 2.25 bits per heavy atom. The molecule has 0 aliphatic heterocycles. The molecule has 7 heteroatoms. The van der Waals surface area contributed by atoms with E-state index in [0.717, 1.165) is 0 Å². The van der Waals surface area contributed by atoms with E-state index in [2.05, 4.69) is 37.8 Å². The van der Waals surface area contributed by atoms with Crippen LogP contribution in [0, 0.1) is 12.3 Å². The number of rotatable bonds is 3. The predicted octanol–water partition coefficient (Wildman–Crippen LogP) is 1.87. The fourth-order valence-electron chi connectivity index (χ4n) is 0.953. The van der Waals surface area contributed by atoms with Gasteiger partial charge < -0.3 is 4.74 Å². The lowest BCUT2D eigenvalue weighted by atomic mass is 10.3. The van der Waals surface area contributed by atoms with Gasteiger partial charge in [0, 0.05) is 0 Å². The van der Waals surface area contributed by atoms with Gasteiger partial charge >= 0.3 is 0 Å². The van der Waals surface area contributed by atoms with Crippen LogP contribution in [0.5, 0.6) is 5.75 Å². The quantitative estimate of drug-likeness (QED) is 0.828. The predicted molar refractivity (Wildman–Crippen MR) is 67.5 cm³/mol. The molecule has 0 amide bonds. The highest BCUT2D eigenvalue weighted by atomic mass is 79.9. The van der Waals surface area contributed by atoms with Crippen molar-refractivity contribution in [2.45, 2.75) is 4.90 Å². The van der Waals surface area contributed by atoms with Gasteiger partial charge in [-0.3, -0.25) is 0 Å². The van der Waals surface area contributed by atoms with Gasteiger partial charge in [0.05, 0.1) is 13.8 Å². The molecule has 0 unspecified atom stereocenters. The van der Waals surface area contributed by atoms with E-state index in [9.17, 15) is 8.42 Å². The minimum atomic E-state index is -3.74. The van der Waals surface area contributed by atoms with Crippen molar-refractivity contribution in [3.8, 4) is 18.1 Å². The number of terminal acetylenes is 1. The maximum absolute atomic E-state index is 11.1. The highest BCUT2D eigenvalue weighted by molar-refractivity contribution is 9.11. The zero-order valence-electron chi connectivity index (χ0n) is 7.91. The highest BCUT2D eigenvalue weighted by Gasteiger charge is 2.14. The van der Waals surface area contributed by atoms with E-state index in [1.807, 2.05) is 0 Å². The molecule has 1 rings (SSSR count). The van der Waals surface area contributed by atoms with Crippen LogP contribution in [0.4, 0.5) is 0 Å². The number of halogens is 2. The maximum atomic E-state index is 11.1. The number of hydrogen-bond donors (Lipinski definition) is 1. The summed E-state index contributed by atoms with van der Waals surface area (Å²) in [6.45, 7) is 0.0892. The van der Waals surface area contributed by atoms with Crippen LogP contribution in [-0.2, 0) is 10.0 Å². The summed E-state index contributed by atoms with van der Waals surface area (Å²) in [6.07, 6.45) is 5.05. The molecule has 0 atom stereocenters. The summed E-state index contributed by atoms with van der Waals surface area (Å²) >= 11 is 6.35. The normalized spacial score (nSPS) is 10.9. The van der Waals surface area contributed by atoms with Crippen molar-refractivity contribution in [2.75, 3.05) is 6.61 Å². The first kappa shape index (κ1) is 13.5. The molecule has 0 saturated carbocycles. The van der Waals surface area contributed by atoms with Gasteiger partial charge in [0.25, 0.3) is 0 Å². The van der Waals surface area contributed by atoms with Crippen molar-refractivity contribution in [3.05, 3.63) is 21.1 Å². The van der Waals surface area contributed by atoms with Gasteiger partial charge in [0.1, 0.15) is 12.4 Å². The molecule has 86 valence electrons. The minimum Gasteiger partial charge on any atom is -0.479 e. The zero-order valence-corrected chi connectivity index (χ0v) is 11.9. The number of ether oxygens (including phenoxy) is 1. The van der Waals surface area contributed by atoms with Crippen LogP contribution in [0.25, 0.3) is 0 Å².